The van der Waals surface area contributed by atoms with Crippen molar-refractivity contribution in [3.63, 3.8) is 0 Å². The number of aryl methyl sites for hydroxylation is 2. The largest absolute Gasteiger partial charge is 0.493 e. The Hall–Kier alpha value is -1.06. The third-order valence-electron chi connectivity index (χ3n) is 3.22. The summed E-state index contributed by atoms with van der Waals surface area (Å²) >= 11 is 0. The van der Waals surface area contributed by atoms with Gasteiger partial charge < -0.3 is 15.2 Å². The van der Waals surface area contributed by atoms with Crippen LogP contribution in [-0.2, 0) is 0 Å². The molecular weight excluding hydrogens is 238 g/mol. The molecule has 108 valence electrons. The van der Waals surface area contributed by atoms with Gasteiger partial charge in [0.15, 0.2) is 0 Å². The maximum absolute atomic E-state index is 8.64. The average molecular weight is 266 g/mol. The minimum Gasteiger partial charge on any atom is -0.493 e. The molecule has 1 aromatic rings. The van der Waals surface area contributed by atoms with Crippen LogP contribution in [0.1, 0.15) is 36.8 Å². The zero-order chi connectivity index (χ0) is 13.9. The van der Waals surface area contributed by atoms with Crippen LogP contribution in [0.2, 0.25) is 0 Å². The van der Waals surface area contributed by atoms with E-state index >= 15 is 0 Å². The van der Waals surface area contributed by atoms with E-state index in [0.717, 1.165) is 31.9 Å². The van der Waals surface area contributed by atoms with E-state index in [2.05, 4.69) is 37.4 Å². The van der Waals surface area contributed by atoms with E-state index in [1.54, 1.807) is 0 Å². The second-order valence-electron chi connectivity index (χ2n) is 5.12. The molecule has 0 aromatic heterocycles. The molecule has 3 heteroatoms. The number of rotatable bonds is 10. The topological polar surface area (TPSA) is 46.1 Å². The Kier molecular flexibility index (Phi) is 8.26. The van der Waals surface area contributed by atoms with Crippen molar-refractivity contribution < 1.29 is 15.2 Å². The maximum atomic E-state index is 8.64. The van der Waals surface area contributed by atoms with E-state index < -0.39 is 0 Å². The van der Waals surface area contributed by atoms with Gasteiger partial charge in [0.2, 0.25) is 0 Å². The first-order valence-electron chi connectivity index (χ1n) is 7.36. The molecule has 0 unspecified atom stereocenters. The Morgan fingerprint density at radius 1 is 1.05 bits per heavy atom. The molecule has 0 heterocycles. The van der Waals surface area contributed by atoms with Crippen molar-refractivity contribution in [3.8, 4) is 5.75 Å². The van der Waals surface area contributed by atoms with E-state index in [1.807, 2.05) is 0 Å². The summed E-state index contributed by atoms with van der Waals surface area (Å²) in [6, 6.07) is 6.32. The zero-order valence-electron chi connectivity index (χ0n) is 12.3. The van der Waals surface area contributed by atoms with Crippen LogP contribution >= 0.6 is 0 Å². The SMILES string of the molecule is Cc1ccc(OCCCCCC[NH2+]CCO)c(C)c1. The van der Waals surface area contributed by atoms with Gasteiger partial charge in [-0.1, -0.05) is 17.7 Å². The fraction of sp³-hybridized carbons (Fsp3) is 0.625. The number of benzene rings is 1. The van der Waals surface area contributed by atoms with Crippen molar-refractivity contribution in [1.82, 2.24) is 0 Å². The second kappa shape index (κ2) is 9.82. The summed E-state index contributed by atoms with van der Waals surface area (Å²) in [5.74, 6) is 1.02. The Morgan fingerprint density at radius 3 is 2.58 bits per heavy atom. The minimum atomic E-state index is 0.281. The minimum absolute atomic E-state index is 0.281. The second-order valence-corrected chi connectivity index (χ2v) is 5.12. The number of ether oxygens (including phenoxy) is 1. The molecule has 0 amide bonds. The first kappa shape index (κ1) is 16.0. The molecule has 19 heavy (non-hydrogen) atoms. The Morgan fingerprint density at radius 2 is 1.84 bits per heavy atom. The average Bonchev–Trinajstić information content (AvgIpc) is 2.39. The molecule has 0 saturated heterocycles. The van der Waals surface area contributed by atoms with E-state index in [1.165, 1.54) is 30.4 Å². The quantitative estimate of drug-likeness (QED) is 0.634. The summed E-state index contributed by atoms with van der Waals surface area (Å²) in [5.41, 5.74) is 2.50. The monoisotopic (exact) mass is 266 g/mol. The summed E-state index contributed by atoms with van der Waals surface area (Å²) in [7, 11) is 0. The van der Waals surface area contributed by atoms with Crippen LogP contribution in [0.3, 0.4) is 0 Å². The molecule has 0 fully saturated rings. The van der Waals surface area contributed by atoms with Gasteiger partial charge >= 0.3 is 0 Å². The number of aliphatic hydroxyl groups is 1. The van der Waals surface area contributed by atoms with Crippen molar-refractivity contribution in [2.24, 2.45) is 0 Å². The van der Waals surface area contributed by atoms with E-state index in [0.29, 0.717) is 0 Å². The Labute approximate surface area is 117 Å². The van der Waals surface area contributed by atoms with Gasteiger partial charge in [0.1, 0.15) is 5.75 Å². The van der Waals surface area contributed by atoms with Gasteiger partial charge in [-0.15, -0.1) is 0 Å². The molecule has 3 N–H and O–H groups in total. The van der Waals surface area contributed by atoms with Gasteiger partial charge in [-0.05, 0) is 51.2 Å². The molecular formula is C16H28NO2+. The Bertz CT molecular complexity index is 353. The van der Waals surface area contributed by atoms with Crippen molar-refractivity contribution in [1.29, 1.82) is 0 Å². The molecule has 0 aliphatic heterocycles. The molecule has 0 aliphatic rings. The molecule has 0 bridgehead atoms. The molecule has 0 aliphatic carbocycles. The first-order chi connectivity index (χ1) is 9.24. The number of nitrogens with two attached hydrogens (primary N) is 1. The van der Waals surface area contributed by atoms with Gasteiger partial charge in [0, 0.05) is 0 Å². The smallest absolute Gasteiger partial charge is 0.122 e. The van der Waals surface area contributed by atoms with Gasteiger partial charge in [-0.25, -0.2) is 0 Å². The highest BCUT2D eigenvalue weighted by molar-refractivity contribution is 5.35. The molecule has 1 rings (SSSR count). The third-order valence-corrected chi connectivity index (χ3v) is 3.22. The highest BCUT2D eigenvalue weighted by Crippen LogP contribution is 2.18. The molecule has 3 nitrogen and oxygen atoms in total. The predicted molar refractivity (Wildman–Crippen MR) is 78.6 cm³/mol. The number of hydrogen-bond donors (Lipinski definition) is 2. The lowest BCUT2D eigenvalue weighted by Gasteiger charge is -2.09. The number of unbranched alkanes of at least 4 members (excludes halogenated alkanes) is 3. The van der Waals surface area contributed by atoms with E-state index in [-0.39, 0.29) is 6.61 Å². The van der Waals surface area contributed by atoms with Gasteiger partial charge in [0.05, 0.1) is 26.3 Å². The molecule has 0 saturated carbocycles. The van der Waals surface area contributed by atoms with Crippen LogP contribution in [0.4, 0.5) is 0 Å². The van der Waals surface area contributed by atoms with E-state index in [4.69, 9.17) is 9.84 Å². The maximum Gasteiger partial charge on any atom is 0.122 e. The normalized spacial score (nSPS) is 10.7. The molecule has 0 atom stereocenters. The lowest BCUT2D eigenvalue weighted by Crippen LogP contribution is -2.85. The Balaban J connectivity index is 2.01. The van der Waals surface area contributed by atoms with Crippen LogP contribution in [0.5, 0.6) is 5.75 Å². The lowest BCUT2D eigenvalue weighted by molar-refractivity contribution is -0.656. The fourth-order valence-electron chi connectivity index (χ4n) is 2.12. The lowest BCUT2D eigenvalue weighted by atomic mass is 10.1. The number of hydrogen-bond acceptors (Lipinski definition) is 2. The first-order valence-corrected chi connectivity index (χ1v) is 7.36. The zero-order valence-corrected chi connectivity index (χ0v) is 12.3. The highest BCUT2D eigenvalue weighted by Gasteiger charge is 1.99. The number of aliphatic hydroxyl groups excluding tert-OH is 1. The molecule has 0 spiro atoms. The van der Waals surface area contributed by atoms with Crippen LogP contribution in [0, 0.1) is 13.8 Å². The standard InChI is InChI=1S/C16H27NO2/c1-14-7-8-16(15(2)13-14)19-12-6-4-3-5-9-17-10-11-18/h7-8,13,17-18H,3-6,9-12H2,1-2H3/p+1. The summed E-state index contributed by atoms with van der Waals surface area (Å²) in [6.45, 7) is 7.24. The summed E-state index contributed by atoms with van der Waals surface area (Å²) in [4.78, 5) is 0. The van der Waals surface area contributed by atoms with Crippen molar-refractivity contribution in [2.45, 2.75) is 39.5 Å². The van der Waals surface area contributed by atoms with Crippen LogP contribution in [0.25, 0.3) is 0 Å². The van der Waals surface area contributed by atoms with Crippen molar-refractivity contribution >= 4 is 0 Å². The van der Waals surface area contributed by atoms with Crippen molar-refractivity contribution in [2.75, 3.05) is 26.3 Å². The van der Waals surface area contributed by atoms with Crippen LogP contribution in [0.15, 0.2) is 18.2 Å². The third kappa shape index (κ3) is 7.19. The van der Waals surface area contributed by atoms with Gasteiger partial charge in [-0.2, -0.15) is 0 Å². The highest BCUT2D eigenvalue weighted by atomic mass is 16.5. The summed E-state index contributed by atoms with van der Waals surface area (Å²) in [6.07, 6.45) is 4.81. The molecule has 0 radical (unpaired) electrons. The predicted octanol–water partition coefficient (Wildman–Crippen LogP) is 1.80. The summed E-state index contributed by atoms with van der Waals surface area (Å²) in [5, 5.41) is 10.8. The van der Waals surface area contributed by atoms with Crippen LogP contribution < -0.4 is 10.1 Å². The van der Waals surface area contributed by atoms with Crippen molar-refractivity contribution in [3.05, 3.63) is 29.3 Å². The number of quaternary nitrogens is 1. The van der Waals surface area contributed by atoms with Crippen LogP contribution in [-0.4, -0.2) is 31.4 Å². The molecule has 1 aromatic carbocycles. The van der Waals surface area contributed by atoms with Gasteiger partial charge in [-0.3, -0.25) is 0 Å². The van der Waals surface area contributed by atoms with Gasteiger partial charge in [0.25, 0.3) is 0 Å². The summed E-state index contributed by atoms with van der Waals surface area (Å²) < 4.78 is 5.80. The fourth-order valence-corrected chi connectivity index (χ4v) is 2.12. The van der Waals surface area contributed by atoms with E-state index in [9.17, 15) is 0 Å².